The number of amides is 1. The van der Waals surface area contributed by atoms with Crippen molar-refractivity contribution in [3.63, 3.8) is 0 Å². The summed E-state index contributed by atoms with van der Waals surface area (Å²) in [5.41, 5.74) is 1.18. The number of carbonyl (C=O) groups is 1. The molecule has 1 amide bonds. The quantitative estimate of drug-likeness (QED) is 0.748. The number of anilines is 1. The first-order valence-electron chi connectivity index (χ1n) is 6.46. The number of hydrogen-bond donors (Lipinski definition) is 1. The molecule has 0 aliphatic rings. The summed E-state index contributed by atoms with van der Waals surface area (Å²) in [6.45, 7) is 0. The summed E-state index contributed by atoms with van der Waals surface area (Å²) in [5, 5.41) is 3.25. The van der Waals surface area contributed by atoms with Crippen LogP contribution in [-0.4, -0.2) is 10.5 Å². The lowest BCUT2D eigenvalue weighted by molar-refractivity contribution is 0.102. The number of benzene rings is 2. The fraction of sp³-hybridized carbons (Fsp3) is 0.0625. The molecule has 0 saturated carbocycles. The van der Waals surface area contributed by atoms with Gasteiger partial charge in [-0.2, -0.15) is 0 Å². The fourth-order valence-corrected chi connectivity index (χ4v) is 2.49. The normalized spacial score (nSPS) is 10.9. The van der Waals surface area contributed by atoms with E-state index in [2.05, 4.69) is 5.32 Å². The minimum atomic E-state index is -0.510. The average Bonchev–Trinajstić information content (AvgIpc) is 2.79. The van der Waals surface area contributed by atoms with Gasteiger partial charge < -0.3 is 9.88 Å². The first kappa shape index (κ1) is 14.5. The van der Waals surface area contributed by atoms with E-state index < -0.39 is 17.5 Å². The lowest BCUT2D eigenvalue weighted by atomic mass is 10.1. The van der Waals surface area contributed by atoms with E-state index in [1.54, 1.807) is 23.9 Å². The molecule has 3 nitrogen and oxygen atoms in total. The molecule has 3 aromatic rings. The second-order valence-electron chi connectivity index (χ2n) is 4.89. The number of halogens is 3. The van der Waals surface area contributed by atoms with E-state index in [4.69, 9.17) is 11.6 Å². The van der Waals surface area contributed by atoms with Crippen molar-refractivity contribution in [1.82, 2.24) is 4.57 Å². The van der Waals surface area contributed by atoms with Crippen LogP contribution in [0.25, 0.3) is 10.9 Å². The minimum Gasteiger partial charge on any atom is -0.350 e. The van der Waals surface area contributed by atoms with Gasteiger partial charge in [0.2, 0.25) is 0 Å². The molecular weight excluding hydrogens is 310 g/mol. The van der Waals surface area contributed by atoms with Crippen molar-refractivity contribution in [2.24, 2.45) is 7.05 Å². The van der Waals surface area contributed by atoms with Crippen LogP contribution < -0.4 is 5.32 Å². The van der Waals surface area contributed by atoms with Gasteiger partial charge in [0.1, 0.15) is 11.6 Å². The van der Waals surface area contributed by atoms with Crippen molar-refractivity contribution >= 4 is 34.1 Å². The average molecular weight is 321 g/mol. The van der Waals surface area contributed by atoms with E-state index in [0.717, 1.165) is 11.6 Å². The van der Waals surface area contributed by atoms with Crippen molar-refractivity contribution in [2.45, 2.75) is 0 Å². The highest BCUT2D eigenvalue weighted by molar-refractivity contribution is 6.34. The molecule has 0 fully saturated rings. The summed E-state index contributed by atoms with van der Waals surface area (Å²) in [7, 11) is 1.76. The maximum Gasteiger partial charge on any atom is 0.257 e. The van der Waals surface area contributed by atoms with Crippen molar-refractivity contribution < 1.29 is 13.6 Å². The lowest BCUT2D eigenvalue weighted by Crippen LogP contribution is -2.12. The molecule has 0 atom stereocenters. The summed E-state index contributed by atoms with van der Waals surface area (Å²) < 4.78 is 28.4. The molecule has 112 valence electrons. The molecule has 0 radical (unpaired) electrons. The van der Waals surface area contributed by atoms with Gasteiger partial charge in [0.15, 0.2) is 0 Å². The topological polar surface area (TPSA) is 34.0 Å². The van der Waals surface area contributed by atoms with Crippen molar-refractivity contribution in [2.75, 3.05) is 5.32 Å². The van der Waals surface area contributed by atoms with E-state index in [0.29, 0.717) is 5.39 Å². The van der Waals surface area contributed by atoms with Gasteiger partial charge in [0.25, 0.3) is 5.91 Å². The monoisotopic (exact) mass is 320 g/mol. The Morgan fingerprint density at radius 3 is 2.59 bits per heavy atom. The first-order chi connectivity index (χ1) is 10.5. The highest BCUT2D eigenvalue weighted by Crippen LogP contribution is 2.26. The highest BCUT2D eigenvalue weighted by Gasteiger charge is 2.16. The van der Waals surface area contributed by atoms with E-state index in [1.165, 1.54) is 24.3 Å². The van der Waals surface area contributed by atoms with Crippen LogP contribution in [0.1, 0.15) is 10.4 Å². The Morgan fingerprint density at radius 2 is 1.82 bits per heavy atom. The standard InChI is InChI=1S/C16H11ClF2N2O/c1-21-8-12(11-6-9(18)3-5-15(11)21)16(22)20-14-7-10(19)2-4-13(14)17/h2-8H,1H3,(H,20,22). The Bertz CT molecular complexity index is 889. The Morgan fingerprint density at radius 1 is 1.14 bits per heavy atom. The first-order valence-corrected chi connectivity index (χ1v) is 6.84. The lowest BCUT2D eigenvalue weighted by Gasteiger charge is -2.06. The second-order valence-corrected chi connectivity index (χ2v) is 5.30. The molecule has 1 heterocycles. The summed E-state index contributed by atoms with van der Waals surface area (Å²) in [5.74, 6) is -1.43. The number of nitrogens with one attached hydrogen (secondary N) is 1. The van der Waals surface area contributed by atoms with Crippen LogP contribution in [0.4, 0.5) is 14.5 Å². The van der Waals surface area contributed by atoms with Gasteiger partial charge in [0, 0.05) is 24.1 Å². The smallest absolute Gasteiger partial charge is 0.257 e. The molecule has 1 aromatic heterocycles. The van der Waals surface area contributed by atoms with Crippen molar-refractivity contribution in [1.29, 1.82) is 0 Å². The van der Waals surface area contributed by atoms with E-state index >= 15 is 0 Å². The van der Waals surface area contributed by atoms with E-state index in [1.807, 2.05) is 0 Å². The van der Waals surface area contributed by atoms with Crippen LogP contribution in [0, 0.1) is 11.6 Å². The summed E-state index contributed by atoms with van der Waals surface area (Å²) in [6.07, 6.45) is 1.59. The zero-order valence-corrected chi connectivity index (χ0v) is 12.3. The van der Waals surface area contributed by atoms with E-state index in [-0.39, 0.29) is 16.3 Å². The van der Waals surface area contributed by atoms with Crippen LogP contribution >= 0.6 is 11.6 Å². The molecule has 22 heavy (non-hydrogen) atoms. The Balaban J connectivity index is 2.02. The van der Waals surface area contributed by atoms with Crippen LogP contribution in [0.2, 0.25) is 5.02 Å². The molecule has 1 N–H and O–H groups in total. The minimum absolute atomic E-state index is 0.167. The third-order valence-corrected chi connectivity index (χ3v) is 3.70. The Kier molecular flexibility index (Phi) is 3.58. The summed E-state index contributed by atoms with van der Waals surface area (Å²) >= 11 is 5.93. The molecule has 0 saturated heterocycles. The maximum absolute atomic E-state index is 13.4. The molecule has 2 aromatic carbocycles. The molecule has 0 aliphatic carbocycles. The molecular formula is C16H11ClF2N2O. The molecule has 0 aliphatic heterocycles. The van der Waals surface area contributed by atoms with Crippen LogP contribution in [0.5, 0.6) is 0 Å². The summed E-state index contributed by atoms with van der Waals surface area (Å²) in [4.78, 5) is 12.4. The van der Waals surface area contributed by atoms with Crippen LogP contribution in [0.3, 0.4) is 0 Å². The molecule has 0 spiro atoms. The molecule has 0 unspecified atom stereocenters. The Hall–Kier alpha value is -2.40. The SMILES string of the molecule is Cn1cc(C(=O)Nc2cc(F)ccc2Cl)c2cc(F)ccc21. The Labute approximate surface area is 130 Å². The number of fused-ring (bicyclic) bond motifs is 1. The zero-order valence-electron chi connectivity index (χ0n) is 11.5. The number of rotatable bonds is 2. The maximum atomic E-state index is 13.4. The van der Waals surface area contributed by atoms with Gasteiger partial charge in [-0.15, -0.1) is 0 Å². The van der Waals surface area contributed by atoms with Gasteiger partial charge in [-0.3, -0.25) is 4.79 Å². The van der Waals surface area contributed by atoms with Crippen LogP contribution in [0.15, 0.2) is 42.6 Å². The number of hydrogen-bond acceptors (Lipinski definition) is 1. The predicted molar refractivity (Wildman–Crippen MR) is 82.2 cm³/mol. The second kappa shape index (κ2) is 5.42. The number of aromatic nitrogens is 1. The highest BCUT2D eigenvalue weighted by atomic mass is 35.5. The zero-order chi connectivity index (χ0) is 15.9. The largest absolute Gasteiger partial charge is 0.350 e. The van der Waals surface area contributed by atoms with Crippen LogP contribution in [-0.2, 0) is 7.05 Å². The number of nitrogens with zero attached hydrogens (tertiary/aromatic N) is 1. The third-order valence-electron chi connectivity index (χ3n) is 3.37. The van der Waals surface area contributed by atoms with Crippen molar-refractivity contribution in [3.05, 3.63) is 64.8 Å². The van der Waals surface area contributed by atoms with E-state index in [9.17, 15) is 13.6 Å². The van der Waals surface area contributed by atoms with Gasteiger partial charge >= 0.3 is 0 Å². The van der Waals surface area contributed by atoms with Gasteiger partial charge in [-0.05, 0) is 36.4 Å². The molecule has 0 bridgehead atoms. The van der Waals surface area contributed by atoms with Gasteiger partial charge in [-0.1, -0.05) is 11.6 Å². The number of carbonyl (C=O) groups excluding carboxylic acids is 1. The fourth-order valence-electron chi connectivity index (χ4n) is 2.33. The predicted octanol–water partition coefficient (Wildman–Crippen LogP) is 4.36. The molecule has 6 heteroatoms. The number of aryl methyl sites for hydroxylation is 1. The third kappa shape index (κ3) is 2.55. The van der Waals surface area contributed by atoms with Gasteiger partial charge in [0.05, 0.1) is 16.3 Å². The van der Waals surface area contributed by atoms with Crippen molar-refractivity contribution in [3.8, 4) is 0 Å². The van der Waals surface area contributed by atoms with Gasteiger partial charge in [-0.25, -0.2) is 8.78 Å². The molecule has 3 rings (SSSR count). The summed E-state index contributed by atoms with van der Waals surface area (Å²) in [6, 6.07) is 7.90.